The number of aromatic nitrogens is 2. The molecule has 1 aromatic heterocycles. The van der Waals surface area contributed by atoms with Crippen LogP contribution in [0.3, 0.4) is 0 Å². The van der Waals surface area contributed by atoms with Crippen LogP contribution in [0.25, 0.3) is 0 Å². The number of hydrogen-bond acceptors (Lipinski definition) is 4. The quantitative estimate of drug-likeness (QED) is 0.654. The average molecular weight is 206 g/mol. The summed E-state index contributed by atoms with van der Waals surface area (Å²) in [6.07, 6.45) is 2.44. The van der Waals surface area contributed by atoms with E-state index in [1.807, 2.05) is 0 Å². The molecule has 0 amide bonds. The molecule has 0 bridgehead atoms. The summed E-state index contributed by atoms with van der Waals surface area (Å²) >= 11 is 0. The first-order valence-corrected chi connectivity index (χ1v) is 5.07. The minimum Gasteiger partial charge on any atom is -0.464 e. The van der Waals surface area contributed by atoms with Crippen LogP contribution < -0.4 is 0 Å². The van der Waals surface area contributed by atoms with E-state index >= 15 is 0 Å². The van der Waals surface area contributed by atoms with Gasteiger partial charge in [0.2, 0.25) is 0 Å². The fourth-order valence-corrected chi connectivity index (χ4v) is 1.90. The predicted molar refractivity (Wildman–Crippen MR) is 54.7 cm³/mol. The highest BCUT2D eigenvalue weighted by atomic mass is 16.5. The van der Waals surface area contributed by atoms with Crippen molar-refractivity contribution in [3.63, 3.8) is 0 Å². The van der Waals surface area contributed by atoms with E-state index in [0.717, 1.165) is 17.8 Å². The Morgan fingerprint density at radius 3 is 2.93 bits per heavy atom. The number of rotatable bonds is 1. The number of carbonyl (C=O) groups excluding carboxylic acids is 1. The van der Waals surface area contributed by atoms with E-state index in [2.05, 4.69) is 28.6 Å². The lowest BCUT2D eigenvalue weighted by Gasteiger charge is -2.08. The van der Waals surface area contributed by atoms with Gasteiger partial charge in [-0.05, 0) is 12.3 Å². The molecule has 15 heavy (non-hydrogen) atoms. The van der Waals surface area contributed by atoms with Crippen LogP contribution in [0, 0.1) is 5.92 Å². The van der Waals surface area contributed by atoms with E-state index in [-0.39, 0.29) is 0 Å². The van der Waals surface area contributed by atoms with Crippen molar-refractivity contribution in [3.8, 4) is 0 Å². The zero-order valence-corrected chi connectivity index (χ0v) is 9.15. The number of esters is 1. The van der Waals surface area contributed by atoms with Gasteiger partial charge in [-0.3, -0.25) is 4.98 Å². The molecule has 0 saturated carbocycles. The SMILES string of the molecule is COC(=O)c1cnc2c(n1)C(C)C(C)C2. The summed E-state index contributed by atoms with van der Waals surface area (Å²) in [6.45, 7) is 4.29. The number of fused-ring (bicyclic) bond motifs is 1. The van der Waals surface area contributed by atoms with E-state index in [1.54, 1.807) is 0 Å². The van der Waals surface area contributed by atoms with E-state index in [1.165, 1.54) is 13.3 Å². The van der Waals surface area contributed by atoms with Crippen LogP contribution in [0.2, 0.25) is 0 Å². The molecule has 0 spiro atoms. The molecule has 80 valence electrons. The Bertz CT molecular complexity index is 404. The van der Waals surface area contributed by atoms with Crippen molar-refractivity contribution in [2.75, 3.05) is 7.11 Å². The molecule has 2 atom stereocenters. The zero-order valence-electron chi connectivity index (χ0n) is 9.15. The average Bonchev–Trinajstić information content (AvgIpc) is 2.54. The van der Waals surface area contributed by atoms with Gasteiger partial charge in [-0.2, -0.15) is 0 Å². The minimum absolute atomic E-state index is 0.303. The van der Waals surface area contributed by atoms with Crippen molar-refractivity contribution in [1.82, 2.24) is 9.97 Å². The molecule has 2 rings (SSSR count). The summed E-state index contributed by atoms with van der Waals surface area (Å²) < 4.78 is 4.62. The largest absolute Gasteiger partial charge is 0.464 e. The number of nitrogens with zero attached hydrogens (tertiary/aromatic N) is 2. The van der Waals surface area contributed by atoms with Crippen LogP contribution in [0.15, 0.2) is 6.20 Å². The third kappa shape index (κ3) is 1.60. The highest BCUT2D eigenvalue weighted by molar-refractivity contribution is 5.86. The lowest BCUT2D eigenvalue weighted by Crippen LogP contribution is -2.08. The van der Waals surface area contributed by atoms with Gasteiger partial charge in [-0.1, -0.05) is 13.8 Å². The molecule has 0 radical (unpaired) electrons. The third-order valence-corrected chi connectivity index (χ3v) is 3.07. The van der Waals surface area contributed by atoms with Gasteiger partial charge in [0.1, 0.15) is 0 Å². The molecular weight excluding hydrogens is 192 g/mol. The number of ether oxygens (including phenoxy) is 1. The topological polar surface area (TPSA) is 52.1 Å². The summed E-state index contributed by atoms with van der Waals surface area (Å²) in [7, 11) is 1.35. The molecule has 0 aromatic carbocycles. The molecule has 0 saturated heterocycles. The maximum atomic E-state index is 11.3. The van der Waals surface area contributed by atoms with Crippen molar-refractivity contribution >= 4 is 5.97 Å². The zero-order chi connectivity index (χ0) is 11.0. The van der Waals surface area contributed by atoms with Crippen LogP contribution >= 0.6 is 0 Å². The Hall–Kier alpha value is -1.45. The van der Waals surface area contributed by atoms with Gasteiger partial charge in [0.25, 0.3) is 0 Å². The summed E-state index contributed by atoms with van der Waals surface area (Å²) in [4.78, 5) is 19.9. The molecule has 1 heterocycles. The second kappa shape index (κ2) is 3.61. The Morgan fingerprint density at radius 2 is 2.27 bits per heavy atom. The van der Waals surface area contributed by atoms with Crippen molar-refractivity contribution < 1.29 is 9.53 Å². The highest BCUT2D eigenvalue weighted by Crippen LogP contribution is 2.34. The smallest absolute Gasteiger partial charge is 0.358 e. The van der Waals surface area contributed by atoms with Gasteiger partial charge in [0.15, 0.2) is 5.69 Å². The van der Waals surface area contributed by atoms with Gasteiger partial charge in [-0.15, -0.1) is 0 Å². The van der Waals surface area contributed by atoms with Gasteiger partial charge in [-0.25, -0.2) is 9.78 Å². The second-order valence-corrected chi connectivity index (χ2v) is 4.05. The summed E-state index contributed by atoms with van der Waals surface area (Å²) in [5, 5.41) is 0. The first-order valence-electron chi connectivity index (χ1n) is 5.07. The van der Waals surface area contributed by atoms with E-state index in [9.17, 15) is 4.79 Å². The fraction of sp³-hybridized carbons (Fsp3) is 0.545. The van der Waals surface area contributed by atoms with E-state index in [0.29, 0.717) is 17.5 Å². The van der Waals surface area contributed by atoms with Gasteiger partial charge < -0.3 is 4.74 Å². The maximum absolute atomic E-state index is 11.3. The highest BCUT2D eigenvalue weighted by Gasteiger charge is 2.29. The summed E-state index contributed by atoms with van der Waals surface area (Å²) in [6, 6.07) is 0. The van der Waals surface area contributed by atoms with Crippen molar-refractivity contribution in [1.29, 1.82) is 0 Å². The number of methoxy groups -OCH3 is 1. The molecule has 4 heteroatoms. The van der Waals surface area contributed by atoms with E-state index in [4.69, 9.17) is 0 Å². The standard InChI is InChI=1S/C11H14N2O2/c1-6-4-8-10(7(6)2)13-9(5-12-8)11(14)15-3/h5-7H,4H2,1-3H3. The number of hydrogen-bond donors (Lipinski definition) is 0. The Morgan fingerprint density at radius 1 is 1.53 bits per heavy atom. The monoisotopic (exact) mass is 206 g/mol. The minimum atomic E-state index is -0.419. The van der Waals surface area contributed by atoms with Gasteiger partial charge in [0.05, 0.1) is 24.7 Å². The Balaban J connectivity index is 2.39. The van der Waals surface area contributed by atoms with Crippen molar-refractivity contribution in [2.24, 2.45) is 5.92 Å². The molecular formula is C11H14N2O2. The molecule has 1 aromatic rings. The molecule has 2 unspecified atom stereocenters. The first kappa shape index (κ1) is 10.1. The predicted octanol–water partition coefficient (Wildman–Crippen LogP) is 1.56. The molecule has 1 aliphatic carbocycles. The Kier molecular flexibility index (Phi) is 2.42. The van der Waals surface area contributed by atoms with Gasteiger partial charge >= 0.3 is 5.97 Å². The van der Waals surface area contributed by atoms with Crippen LogP contribution in [0.1, 0.15) is 41.6 Å². The fourth-order valence-electron chi connectivity index (χ4n) is 1.90. The number of carbonyl (C=O) groups is 1. The molecule has 0 fully saturated rings. The van der Waals surface area contributed by atoms with E-state index < -0.39 is 5.97 Å². The molecule has 4 nitrogen and oxygen atoms in total. The van der Waals surface area contributed by atoms with Crippen LogP contribution in [0.5, 0.6) is 0 Å². The molecule has 0 aliphatic heterocycles. The van der Waals surface area contributed by atoms with Gasteiger partial charge in [0, 0.05) is 5.92 Å². The van der Waals surface area contributed by atoms with Crippen LogP contribution in [-0.2, 0) is 11.2 Å². The second-order valence-electron chi connectivity index (χ2n) is 4.05. The normalized spacial score (nSPS) is 23.7. The van der Waals surface area contributed by atoms with Crippen molar-refractivity contribution in [3.05, 3.63) is 23.3 Å². The van der Waals surface area contributed by atoms with Crippen LogP contribution in [-0.4, -0.2) is 23.0 Å². The molecule has 1 aliphatic rings. The lowest BCUT2D eigenvalue weighted by molar-refractivity contribution is 0.0593. The summed E-state index contributed by atoms with van der Waals surface area (Å²) in [5.41, 5.74) is 2.27. The third-order valence-electron chi connectivity index (χ3n) is 3.07. The van der Waals surface area contributed by atoms with Crippen molar-refractivity contribution in [2.45, 2.75) is 26.2 Å². The first-order chi connectivity index (χ1) is 7.13. The molecule has 0 N–H and O–H groups in total. The van der Waals surface area contributed by atoms with Crippen LogP contribution in [0.4, 0.5) is 0 Å². The Labute approximate surface area is 88.7 Å². The lowest BCUT2D eigenvalue weighted by atomic mass is 9.99. The maximum Gasteiger partial charge on any atom is 0.358 e. The summed E-state index contributed by atoms with van der Waals surface area (Å²) in [5.74, 6) is 0.502.